The number of hydrogen-bond acceptors (Lipinski definition) is 7. The molecular formula is C17H18N2O5S2. The fraction of sp³-hybridized carbons (Fsp3) is 0.353. The molecule has 2 aromatic rings. The van der Waals surface area contributed by atoms with Crippen LogP contribution in [0, 0.1) is 6.92 Å². The van der Waals surface area contributed by atoms with Crippen LogP contribution in [0.5, 0.6) is 0 Å². The van der Waals surface area contributed by atoms with Gasteiger partial charge in [0.05, 0.1) is 17.2 Å². The molecule has 0 unspecified atom stereocenters. The summed E-state index contributed by atoms with van der Waals surface area (Å²) in [6, 6.07) is 9.05. The lowest BCUT2D eigenvalue weighted by molar-refractivity contribution is -0.124. The molecule has 0 spiro atoms. The smallest absolute Gasteiger partial charge is 0.350 e. The molecule has 1 atom stereocenters. The number of nitrogens with zero attached hydrogens (tertiary/aromatic N) is 1. The standard InChI is InChI=1S/C17H18N2O5S2/c1-11-15(25-16(18-11)12-5-3-2-4-6-12)17(21)24-9-14(20)19-13-7-8-26(22,23)10-13/h2-6,13H,7-10H2,1H3,(H,19,20)/t13-/m1/s1. The topological polar surface area (TPSA) is 102 Å². The number of aromatic nitrogens is 1. The van der Waals surface area contributed by atoms with Gasteiger partial charge in [0, 0.05) is 11.6 Å². The number of amides is 1. The highest BCUT2D eigenvalue weighted by atomic mass is 32.2. The summed E-state index contributed by atoms with van der Waals surface area (Å²) >= 11 is 1.21. The number of ether oxygens (including phenoxy) is 1. The summed E-state index contributed by atoms with van der Waals surface area (Å²) in [5.41, 5.74) is 1.45. The van der Waals surface area contributed by atoms with Crippen molar-refractivity contribution in [3.05, 3.63) is 40.9 Å². The Morgan fingerprint density at radius 3 is 2.69 bits per heavy atom. The molecule has 1 saturated heterocycles. The number of sulfone groups is 1. The van der Waals surface area contributed by atoms with Gasteiger partial charge in [0.25, 0.3) is 5.91 Å². The first-order chi connectivity index (χ1) is 12.3. The van der Waals surface area contributed by atoms with Crippen LogP contribution in [0.25, 0.3) is 10.6 Å². The summed E-state index contributed by atoms with van der Waals surface area (Å²) in [4.78, 5) is 28.8. The summed E-state index contributed by atoms with van der Waals surface area (Å²) < 4.78 is 27.8. The summed E-state index contributed by atoms with van der Waals surface area (Å²) in [7, 11) is -3.07. The summed E-state index contributed by atoms with van der Waals surface area (Å²) in [6.45, 7) is 1.26. The van der Waals surface area contributed by atoms with E-state index in [1.54, 1.807) is 6.92 Å². The van der Waals surface area contributed by atoms with E-state index in [0.29, 0.717) is 22.0 Å². The van der Waals surface area contributed by atoms with Gasteiger partial charge in [0.1, 0.15) is 9.88 Å². The third kappa shape index (κ3) is 4.47. The van der Waals surface area contributed by atoms with Gasteiger partial charge in [-0.3, -0.25) is 4.79 Å². The maximum atomic E-state index is 12.2. The van der Waals surface area contributed by atoms with Crippen LogP contribution in [0.1, 0.15) is 21.8 Å². The second kappa shape index (κ2) is 7.55. The average molecular weight is 394 g/mol. The highest BCUT2D eigenvalue weighted by Gasteiger charge is 2.29. The van der Waals surface area contributed by atoms with E-state index in [4.69, 9.17) is 4.74 Å². The predicted octanol–water partition coefficient (Wildman–Crippen LogP) is 1.58. The highest BCUT2D eigenvalue weighted by molar-refractivity contribution is 7.91. The van der Waals surface area contributed by atoms with Crippen molar-refractivity contribution < 1.29 is 22.7 Å². The minimum absolute atomic E-state index is 0.0684. The Bertz CT molecular complexity index is 922. The highest BCUT2D eigenvalue weighted by Crippen LogP contribution is 2.28. The lowest BCUT2D eigenvalue weighted by Gasteiger charge is -2.10. The number of thiazole rings is 1. The van der Waals surface area contributed by atoms with Crippen molar-refractivity contribution in [2.75, 3.05) is 18.1 Å². The van der Waals surface area contributed by atoms with Crippen LogP contribution >= 0.6 is 11.3 Å². The first-order valence-electron chi connectivity index (χ1n) is 8.04. The second-order valence-corrected chi connectivity index (χ2v) is 9.27. The Hall–Kier alpha value is -2.26. The Balaban J connectivity index is 1.57. The maximum absolute atomic E-state index is 12.2. The zero-order valence-electron chi connectivity index (χ0n) is 14.1. The van der Waals surface area contributed by atoms with E-state index < -0.39 is 34.4 Å². The van der Waals surface area contributed by atoms with E-state index in [0.717, 1.165) is 5.56 Å². The van der Waals surface area contributed by atoms with Crippen molar-refractivity contribution >= 4 is 33.1 Å². The van der Waals surface area contributed by atoms with Gasteiger partial charge in [0.2, 0.25) is 0 Å². The molecule has 1 fully saturated rings. The van der Waals surface area contributed by atoms with E-state index in [9.17, 15) is 18.0 Å². The van der Waals surface area contributed by atoms with Gasteiger partial charge >= 0.3 is 5.97 Å². The molecule has 0 radical (unpaired) electrons. The second-order valence-electron chi connectivity index (χ2n) is 6.04. The first-order valence-corrected chi connectivity index (χ1v) is 10.7. The minimum atomic E-state index is -3.07. The van der Waals surface area contributed by atoms with Crippen molar-refractivity contribution in [1.29, 1.82) is 0 Å². The number of rotatable bonds is 5. The number of esters is 1. The molecule has 3 rings (SSSR count). The molecule has 26 heavy (non-hydrogen) atoms. The van der Waals surface area contributed by atoms with Crippen molar-refractivity contribution in [2.45, 2.75) is 19.4 Å². The SMILES string of the molecule is Cc1nc(-c2ccccc2)sc1C(=O)OCC(=O)N[C@@H]1CCS(=O)(=O)C1. The Morgan fingerprint density at radius 1 is 1.31 bits per heavy atom. The number of carbonyl (C=O) groups excluding carboxylic acids is 2. The lowest BCUT2D eigenvalue weighted by Crippen LogP contribution is -2.38. The van der Waals surface area contributed by atoms with Gasteiger partial charge in [-0.05, 0) is 13.3 Å². The Morgan fingerprint density at radius 2 is 2.04 bits per heavy atom. The van der Waals surface area contributed by atoms with E-state index in [2.05, 4.69) is 10.3 Å². The molecule has 2 heterocycles. The van der Waals surface area contributed by atoms with Crippen LogP contribution in [0.3, 0.4) is 0 Å². The van der Waals surface area contributed by atoms with E-state index in [1.165, 1.54) is 11.3 Å². The van der Waals surface area contributed by atoms with E-state index in [1.807, 2.05) is 30.3 Å². The molecule has 1 aliphatic rings. The molecule has 0 bridgehead atoms. The van der Waals surface area contributed by atoms with Crippen LogP contribution < -0.4 is 5.32 Å². The fourth-order valence-corrected chi connectivity index (χ4v) is 5.30. The summed E-state index contributed by atoms with van der Waals surface area (Å²) in [5.74, 6) is -1.12. The Labute approximate surface area is 155 Å². The molecule has 1 aromatic heterocycles. The number of hydrogen-bond donors (Lipinski definition) is 1. The van der Waals surface area contributed by atoms with Crippen molar-refractivity contribution in [2.24, 2.45) is 0 Å². The summed E-state index contributed by atoms with van der Waals surface area (Å²) in [6.07, 6.45) is 0.385. The first kappa shape index (κ1) is 18.5. The largest absolute Gasteiger partial charge is 0.451 e. The fourth-order valence-electron chi connectivity index (χ4n) is 2.66. The number of aryl methyl sites for hydroxylation is 1. The van der Waals surface area contributed by atoms with Crippen LogP contribution in [-0.4, -0.2) is 49.4 Å². The van der Waals surface area contributed by atoms with E-state index >= 15 is 0 Å². The summed E-state index contributed by atoms with van der Waals surface area (Å²) in [5, 5.41) is 3.28. The number of carbonyl (C=O) groups is 2. The molecule has 0 saturated carbocycles. The predicted molar refractivity (Wildman–Crippen MR) is 97.8 cm³/mol. The van der Waals surface area contributed by atoms with Crippen molar-refractivity contribution in [3.8, 4) is 10.6 Å². The monoisotopic (exact) mass is 394 g/mol. The van der Waals surface area contributed by atoms with Gasteiger partial charge in [-0.1, -0.05) is 30.3 Å². The normalized spacial score (nSPS) is 18.4. The number of benzene rings is 1. The van der Waals surface area contributed by atoms with Crippen LogP contribution in [-0.2, 0) is 19.4 Å². The molecule has 9 heteroatoms. The van der Waals surface area contributed by atoms with Gasteiger partial charge < -0.3 is 10.1 Å². The van der Waals surface area contributed by atoms with Gasteiger partial charge in [-0.2, -0.15) is 0 Å². The molecule has 138 valence electrons. The molecule has 1 aromatic carbocycles. The molecule has 1 amide bonds. The zero-order valence-corrected chi connectivity index (χ0v) is 15.7. The third-order valence-corrected chi connectivity index (χ3v) is 6.89. The van der Waals surface area contributed by atoms with Crippen LogP contribution in [0.2, 0.25) is 0 Å². The minimum Gasteiger partial charge on any atom is -0.451 e. The molecular weight excluding hydrogens is 376 g/mol. The molecule has 0 aliphatic carbocycles. The van der Waals surface area contributed by atoms with Crippen molar-refractivity contribution in [3.63, 3.8) is 0 Å². The Kier molecular flexibility index (Phi) is 5.38. The zero-order chi connectivity index (χ0) is 18.7. The van der Waals surface area contributed by atoms with Gasteiger partial charge in [-0.15, -0.1) is 11.3 Å². The maximum Gasteiger partial charge on any atom is 0.350 e. The van der Waals surface area contributed by atoms with E-state index in [-0.39, 0.29) is 11.5 Å². The quantitative estimate of drug-likeness (QED) is 0.773. The molecule has 7 nitrogen and oxygen atoms in total. The average Bonchev–Trinajstić information content (AvgIpc) is 3.15. The van der Waals surface area contributed by atoms with Gasteiger partial charge in [0.15, 0.2) is 16.4 Å². The van der Waals surface area contributed by atoms with Crippen molar-refractivity contribution in [1.82, 2.24) is 10.3 Å². The number of nitrogens with one attached hydrogen (secondary N) is 1. The lowest BCUT2D eigenvalue weighted by atomic mass is 10.2. The van der Waals surface area contributed by atoms with Gasteiger partial charge in [-0.25, -0.2) is 18.2 Å². The molecule has 1 aliphatic heterocycles. The van der Waals surface area contributed by atoms with Crippen LogP contribution in [0.4, 0.5) is 0 Å². The third-order valence-electron chi connectivity index (χ3n) is 3.93. The molecule has 1 N–H and O–H groups in total. The van der Waals surface area contributed by atoms with Crippen LogP contribution in [0.15, 0.2) is 30.3 Å².